The highest BCUT2D eigenvalue weighted by atomic mass is 127. The molecule has 0 aliphatic heterocycles. The number of nitrogens with one attached hydrogen (secondary N) is 3. The maximum atomic E-state index is 12.0. The predicted molar refractivity (Wildman–Crippen MR) is 115 cm³/mol. The molecule has 0 aliphatic carbocycles. The van der Waals surface area contributed by atoms with E-state index in [2.05, 4.69) is 25.3 Å². The number of hydrogen-bond donors (Lipinski definition) is 3. The lowest BCUT2D eigenvalue weighted by molar-refractivity contribution is 0.582. The topological polar surface area (TPSA) is 95.5 Å². The van der Waals surface area contributed by atoms with Gasteiger partial charge in [-0.2, -0.15) is 0 Å². The summed E-state index contributed by atoms with van der Waals surface area (Å²) in [5.74, 6) is 0.584. The van der Waals surface area contributed by atoms with E-state index in [4.69, 9.17) is 11.6 Å². The summed E-state index contributed by atoms with van der Waals surface area (Å²) in [6.45, 7) is 3.20. The van der Waals surface area contributed by atoms with E-state index in [1.54, 1.807) is 24.5 Å². The Labute approximate surface area is 177 Å². The zero-order valence-electron chi connectivity index (χ0n) is 13.6. The smallest absolute Gasteiger partial charge is 0.250 e. The second kappa shape index (κ2) is 10.6. The quantitative estimate of drug-likeness (QED) is 0.219. The van der Waals surface area contributed by atoms with Gasteiger partial charge in [0.05, 0.1) is 10.9 Å². The molecule has 7 nitrogen and oxygen atoms in total. The van der Waals surface area contributed by atoms with Crippen LogP contribution in [-0.4, -0.2) is 39.5 Å². The molecule has 0 fully saturated rings. The zero-order valence-corrected chi connectivity index (χ0v) is 19.1. The van der Waals surface area contributed by atoms with Crippen molar-refractivity contribution in [2.45, 2.75) is 17.7 Å². The van der Waals surface area contributed by atoms with Gasteiger partial charge < -0.3 is 10.6 Å². The van der Waals surface area contributed by atoms with E-state index in [0.29, 0.717) is 23.4 Å². The summed E-state index contributed by atoms with van der Waals surface area (Å²) in [5.41, 5.74) is 0. The first kappa shape index (κ1) is 22.6. The summed E-state index contributed by atoms with van der Waals surface area (Å²) in [7, 11) is -1.87. The number of guanidine groups is 1. The Bertz CT molecular complexity index is 806. The van der Waals surface area contributed by atoms with Crippen molar-refractivity contribution in [2.24, 2.45) is 4.99 Å². The van der Waals surface area contributed by atoms with E-state index in [0.717, 1.165) is 21.2 Å². The Balaban J connectivity index is 0.00000312. The van der Waals surface area contributed by atoms with Gasteiger partial charge in [-0.15, -0.1) is 46.7 Å². The monoisotopic (exact) mass is 535 g/mol. The van der Waals surface area contributed by atoms with E-state index in [1.165, 1.54) is 6.07 Å². The lowest BCUT2D eigenvalue weighted by Gasteiger charge is -2.11. The molecule has 3 N–H and O–H groups in total. The fourth-order valence-corrected chi connectivity index (χ4v) is 5.03. The van der Waals surface area contributed by atoms with Gasteiger partial charge in [0.2, 0.25) is 10.0 Å². The number of nitrogens with zero attached hydrogens (tertiary/aromatic N) is 2. The van der Waals surface area contributed by atoms with Crippen LogP contribution >= 0.6 is 58.3 Å². The van der Waals surface area contributed by atoms with Gasteiger partial charge in [-0.25, -0.2) is 18.1 Å². The minimum absolute atomic E-state index is 0. The van der Waals surface area contributed by atoms with Gasteiger partial charge in [0.1, 0.15) is 9.22 Å². The van der Waals surface area contributed by atoms with Crippen LogP contribution in [0, 0.1) is 6.92 Å². The normalized spacial score (nSPS) is 11.9. The van der Waals surface area contributed by atoms with Gasteiger partial charge in [-0.05, 0) is 19.1 Å². The standard InChI is InChI=1S/C13H18ClN5O2S3.HI/c1-9-7-17-11(22-9)8-18-13(15-2)16-5-6-19-24(20,21)12-4-3-10(14)23-12;/h3-4,7,19H,5-6,8H2,1-2H3,(H2,15,16,18);1H. The van der Waals surface area contributed by atoms with Crippen LogP contribution in [0.2, 0.25) is 4.34 Å². The SMILES string of the molecule is CN=C(NCCNS(=O)(=O)c1ccc(Cl)s1)NCc1ncc(C)s1.I. The molecule has 0 radical (unpaired) electrons. The lowest BCUT2D eigenvalue weighted by Crippen LogP contribution is -2.41. The van der Waals surface area contributed by atoms with Crippen LogP contribution in [0.5, 0.6) is 0 Å². The molecule has 0 saturated carbocycles. The minimum atomic E-state index is -3.52. The van der Waals surface area contributed by atoms with Crippen molar-refractivity contribution >= 4 is 74.2 Å². The summed E-state index contributed by atoms with van der Waals surface area (Å²) >= 11 is 8.40. The molecule has 0 aliphatic rings. The van der Waals surface area contributed by atoms with Crippen molar-refractivity contribution in [1.82, 2.24) is 20.3 Å². The molecule has 2 rings (SSSR count). The van der Waals surface area contributed by atoms with Crippen molar-refractivity contribution in [3.05, 3.63) is 32.6 Å². The second-order valence-corrected chi connectivity index (χ2v) is 9.70. The maximum absolute atomic E-state index is 12.0. The Morgan fingerprint density at radius 1 is 1.28 bits per heavy atom. The van der Waals surface area contributed by atoms with Crippen molar-refractivity contribution in [3.8, 4) is 0 Å². The molecular formula is C13H19ClIN5O2S3. The Kier molecular flexibility index (Phi) is 9.59. The second-order valence-electron chi connectivity index (χ2n) is 4.67. The molecule has 0 atom stereocenters. The first-order valence-corrected chi connectivity index (χ1v) is 10.5. The fourth-order valence-electron chi connectivity index (χ4n) is 1.74. The first-order valence-electron chi connectivity index (χ1n) is 7.01. The third-order valence-corrected chi connectivity index (χ3v) is 6.92. The predicted octanol–water partition coefficient (Wildman–Crippen LogP) is 2.43. The van der Waals surface area contributed by atoms with Gasteiger partial charge in [0.15, 0.2) is 5.96 Å². The van der Waals surface area contributed by atoms with E-state index < -0.39 is 10.0 Å². The molecule has 0 spiro atoms. The lowest BCUT2D eigenvalue weighted by atomic mass is 10.6. The molecule has 12 heteroatoms. The number of aryl methyl sites for hydroxylation is 1. The number of thiazole rings is 1. The molecule has 2 heterocycles. The Hall–Kier alpha value is -0.470. The van der Waals surface area contributed by atoms with E-state index in [9.17, 15) is 8.42 Å². The highest BCUT2D eigenvalue weighted by Gasteiger charge is 2.15. The molecule has 0 amide bonds. The van der Waals surface area contributed by atoms with E-state index in [-0.39, 0.29) is 34.7 Å². The molecular weight excluding hydrogens is 517 g/mol. The number of halogens is 2. The van der Waals surface area contributed by atoms with Gasteiger partial charge in [0, 0.05) is 31.2 Å². The number of thiophene rings is 1. The molecule has 0 unspecified atom stereocenters. The fraction of sp³-hybridized carbons (Fsp3) is 0.385. The summed E-state index contributed by atoms with van der Waals surface area (Å²) < 4.78 is 27.2. The van der Waals surface area contributed by atoms with Crippen LogP contribution in [0.15, 0.2) is 27.5 Å². The maximum Gasteiger partial charge on any atom is 0.250 e. The van der Waals surface area contributed by atoms with Crippen LogP contribution in [-0.2, 0) is 16.6 Å². The highest BCUT2D eigenvalue weighted by molar-refractivity contribution is 14.0. The molecule has 0 aromatic carbocycles. The molecule has 25 heavy (non-hydrogen) atoms. The highest BCUT2D eigenvalue weighted by Crippen LogP contribution is 2.25. The summed E-state index contributed by atoms with van der Waals surface area (Å²) in [4.78, 5) is 9.49. The van der Waals surface area contributed by atoms with Crippen LogP contribution in [0.3, 0.4) is 0 Å². The molecule has 2 aromatic heterocycles. The summed E-state index contributed by atoms with van der Waals surface area (Å²) in [5, 5.41) is 7.13. The Morgan fingerprint density at radius 2 is 2.04 bits per heavy atom. The van der Waals surface area contributed by atoms with Gasteiger partial charge >= 0.3 is 0 Å². The number of sulfonamides is 1. The minimum Gasteiger partial charge on any atom is -0.355 e. The summed E-state index contributed by atoms with van der Waals surface area (Å²) in [6, 6.07) is 3.05. The number of hydrogen-bond acceptors (Lipinski definition) is 6. The number of aromatic nitrogens is 1. The molecule has 140 valence electrons. The van der Waals surface area contributed by atoms with E-state index >= 15 is 0 Å². The van der Waals surface area contributed by atoms with Gasteiger partial charge in [-0.3, -0.25) is 4.99 Å². The van der Waals surface area contributed by atoms with Crippen molar-refractivity contribution in [3.63, 3.8) is 0 Å². The third-order valence-electron chi connectivity index (χ3n) is 2.82. The van der Waals surface area contributed by atoms with Crippen molar-refractivity contribution < 1.29 is 8.42 Å². The van der Waals surface area contributed by atoms with Gasteiger partial charge in [0.25, 0.3) is 0 Å². The van der Waals surface area contributed by atoms with Crippen LogP contribution < -0.4 is 15.4 Å². The molecule has 2 aromatic rings. The molecule has 0 saturated heterocycles. The Morgan fingerprint density at radius 3 is 2.60 bits per heavy atom. The first-order chi connectivity index (χ1) is 11.4. The van der Waals surface area contributed by atoms with Crippen molar-refractivity contribution in [1.29, 1.82) is 0 Å². The third kappa shape index (κ3) is 7.35. The van der Waals surface area contributed by atoms with Crippen LogP contribution in [0.1, 0.15) is 9.88 Å². The number of rotatable bonds is 7. The average molecular weight is 536 g/mol. The van der Waals surface area contributed by atoms with Crippen LogP contribution in [0.4, 0.5) is 0 Å². The van der Waals surface area contributed by atoms with E-state index in [1.807, 2.05) is 13.1 Å². The zero-order chi connectivity index (χ0) is 17.6. The van der Waals surface area contributed by atoms with Crippen molar-refractivity contribution in [2.75, 3.05) is 20.1 Å². The van der Waals surface area contributed by atoms with Crippen LogP contribution in [0.25, 0.3) is 0 Å². The molecule has 0 bridgehead atoms. The average Bonchev–Trinajstić information content (AvgIpc) is 3.15. The summed E-state index contributed by atoms with van der Waals surface area (Å²) in [6.07, 6.45) is 1.82. The largest absolute Gasteiger partial charge is 0.355 e. The number of aliphatic imine (C=N–C) groups is 1. The van der Waals surface area contributed by atoms with Gasteiger partial charge in [-0.1, -0.05) is 11.6 Å².